The molecular weight excluding hydrogens is 402 g/mol. The minimum absolute atomic E-state index is 0.0292. The van der Waals surface area contributed by atoms with Crippen molar-refractivity contribution in [2.45, 2.75) is 19.5 Å². The molecule has 158 valence electrons. The summed E-state index contributed by atoms with van der Waals surface area (Å²) in [6, 6.07) is 24.8. The summed E-state index contributed by atoms with van der Waals surface area (Å²) in [6.45, 7) is 1.87. The van der Waals surface area contributed by atoms with E-state index < -0.39 is 6.04 Å². The molecule has 7 heteroatoms. The molecule has 0 saturated heterocycles. The van der Waals surface area contributed by atoms with Gasteiger partial charge in [-0.1, -0.05) is 30.3 Å². The van der Waals surface area contributed by atoms with Gasteiger partial charge in [-0.25, -0.2) is 4.98 Å². The van der Waals surface area contributed by atoms with Crippen LogP contribution in [-0.4, -0.2) is 21.4 Å². The molecule has 32 heavy (non-hydrogen) atoms. The van der Waals surface area contributed by atoms with Crippen molar-refractivity contribution in [2.24, 2.45) is 0 Å². The van der Waals surface area contributed by atoms with Gasteiger partial charge in [-0.3, -0.25) is 9.59 Å². The number of carbonyl (C=O) groups excluding carboxylic acids is 2. The highest BCUT2D eigenvalue weighted by Crippen LogP contribution is 2.21. The molecule has 0 unspecified atom stereocenters. The molecule has 2 amide bonds. The van der Waals surface area contributed by atoms with Crippen LogP contribution >= 0.6 is 0 Å². The lowest BCUT2D eigenvalue weighted by molar-refractivity contribution is -0.116. The molecule has 0 radical (unpaired) electrons. The highest BCUT2D eigenvalue weighted by Gasteiger charge is 2.20. The van der Waals surface area contributed by atoms with E-state index in [0.29, 0.717) is 22.6 Å². The summed E-state index contributed by atoms with van der Waals surface area (Å²) in [6.07, 6.45) is 0. The van der Waals surface area contributed by atoms with Gasteiger partial charge >= 0.3 is 0 Å². The Balaban J connectivity index is 1.57. The second-order valence-corrected chi connectivity index (χ2v) is 7.34. The molecule has 0 aliphatic heterocycles. The number of benzene rings is 3. The smallest absolute Gasteiger partial charge is 0.251 e. The van der Waals surface area contributed by atoms with Crippen molar-refractivity contribution in [3.05, 3.63) is 95.8 Å². The van der Waals surface area contributed by atoms with Crippen LogP contribution in [0.5, 0.6) is 0 Å². The topological polar surface area (TPSA) is 99.8 Å². The first-order valence-corrected chi connectivity index (χ1v) is 10.2. The van der Waals surface area contributed by atoms with Crippen molar-refractivity contribution in [2.75, 3.05) is 5.32 Å². The number of hydrogen-bond donors (Lipinski definition) is 2. The Labute approximate surface area is 185 Å². The number of nitriles is 1. The number of para-hydroxylation sites is 2. The van der Waals surface area contributed by atoms with Gasteiger partial charge in [-0.15, -0.1) is 0 Å². The molecule has 4 rings (SSSR count). The van der Waals surface area contributed by atoms with Gasteiger partial charge in [0.05, 0.1) is 28.7 Å². The second-order valence-electron chi connectivity index (χ2n) is 7.34. The molecule has 0 spiro atoms. The summed E-state index contributed by atoms with van der Waals surface area (Å²) >= 11 is 0. The van der Waals surface area contributed by atoms with E-state index in [1.54, 1.807) is 36.4 Å². The Hall–Kier alpha value is -4.44. The predicted octanol–water partition coefficient (Wildman–Crippen LogP) is 4.04. The standard InChI is InChI=1S/C25H21N5O2/c1-17(27-25(32)19-7-3-2-4-8-19)24-29-21-9-5-6-10-22(21)30(24)16-23(31)28-20-13-11-18(15-26)12-14-20/h2-14,17H,16H2,1H3,(H,27,32)(H,28,31)/t17-/m1/s1. The second kappa shape index (κ2) is 9.14. The first kappa shape index (κ1) is 20.8. The lowest BCUT2D eigenvalue weighted by atomic mass is 10.2. The fourth-order valence-corrected chi connectivity index (χ4v) is 3.50. The van der Waals surface area contributed by atoms with Gasteiger partial charge in [0.15, 0.2) is 0 Å². The molecule has 3 aromatic carbocycles. The van der Waals surface area contributed by atoms with Crippen LogP contribution in [0.25, 0.3) is 11.0 Å². The van der Waals surface area contributed by atoms with Crippen LogP contribution in [0.1, 0.15) is 34.7 Å². The first-order chi connectivity index (χ1) is 15.5. The maximum atomic E-state index is 12.8. The average molecular weight is 423 g/mol. The van der Waals surface area contributed by atoms with Crippen molar-refractivity contribution >= 4 is 28.5 Å². The maximum absolute atomic E-state index is 12.8. The largest absolute Gasteiger partial charge is 0.342 e. The normalized spacial score (nSPS) is 11.5. The van der Waals surface area contributed by atoms with E-state index in [1.165, 1.54) is 0 Å². The molecule has 1 aromatic heterocycles. The fraction of sp³-hybridized carbons (Fsp3) is 0.120. The Kier molecular flexibility index (Phi) is 5.95. The number of fused-ring (bicyclic) bond motifs is 1. The minimum atomic E-state index is -0.419. The number of hydrogen-bond acceptors (Lipinski definition) is 4. The van der Waals surface area contributed by atoms with E-state index in [9.17, 15) is 9.59 Å². The summed E-state index contributed by atoms with van der Waals surface area (Å²) in [4.78, 5) is 30.1. The summed E-state index contributed by atoms with van der Waals surface area (Å²) in [5.74, 6) is 0.143. The van der Waals surface area contributed by atoms with Crippen LogP contribution in [-0.2, 0) is 11.3 Å². The van der Waals surface area contributed by atoms with Gasteiger partial charge in [0.25, 0.3) is 5.91 Å². The lowest BCUT2D eigenvalue weighted by Crippen LogP contribution is -2.30. The SMILES string of the molecule is C[C@@H](NC(=O)c1ccccc1)c1nc2ccccc2n1CC(=O)Nc1ccc(C#N)cc1. The third kappa shape index (κ3) is 4.50. The molecule has 4 aromatic rings. The Morgan fingerprint density at radius 1 is 1.00 bits per heavy atom. The fourth-order valence-electron chi connectivity index (χ4n) is 3.50. The molecule has 0 aliphatic rings. The van der Waals surface area contributed by atoms with Crippen molar-refractivity contribution in [3.8, 4) is 6.07 Å². The monoisotopic (exact) mass is 423 g/mol. The lowest BCUT2D eigenvalue weighted by Gasteiger charge is -2.16. The summed E-state index contributed by atoms with van der Waals surface area (Å²) in [5, 5.41) is 14.7. The molecule has 1 heterocycles. The highest BCUT2D eigenvalue weighted by atomic mass is 16.2. The van der Waals surface area contributed by atoms with E-state index in [2.05, 4.69) is 21.7 Å². The van der Waals surface area contributed by atoms with Crippen molar-refractivity contribution < 1.29 is 9.59 Å². The van der Waals surface area contributed by atoms with Gasteiger partial charge in [0.2, 0.25) is 5.91 Å². The number of imidazole rings is 1. The average Bonchev–Trinajstić information content (AvgIpc) is 3.18. The van der Waals surface area contributed by atoms with Crippen LogP contribution in [0.3, 0.4) is 0 Å². The number of carbonyl (C=O) groups is 2. The number of anilines is 1. The van der Waals surface area contributed by atoms with Gasteiger partial charge in [-0.2, -0.15) is 5.26 Å². The molecule has 0 saturated carbocycles. The van der Waals surface area contributed by atoms with Crippen molar-refractivity contribution in [1.29, 1.82) is 5.26 Å². The van der Waals surface area contributed by atoms with E-state index in [-0.39, 0.29) is 18.4 Å². The Morgan fingerprint density at radius 3 is 2.41 bits per heavy atom. The third-order valence-electron chi connectivity index (χ3n) is 5.05. The zero-order valence-corrected chi connectivity index (χ0v) is 17.4. The van der Waals surface area contributed by atoms with Crippen LogP contribution < -0.4 is 10.6 Å². The number of amides is 2. The minimum Gasteiger partial charge on any atom is -0.342 e. The maximum Gasteiger partial charge on any atom is 0.251 e. The van der Waals surface area contributed by atoms with Crippen LogP contribution in [0.15, 0.2) is 78.9 Å². The van der Waals surface area contributed by atoms with Gasteiger partial charge < -0.3 is 15.2 Å². The Morgan fingerprint density at radius 2 is 1.69 bits per heavy atom. The quantitative estimate of drug-likeness (QED) is 0.489. The van der Waals surface area contributed by atoms with E-state index in [4.69, 9.17) is 5.26 Å². The third-order valence-corrected chi connectivity index (χ3v) is 5.05. The van der Waals surface area contributed by atoms with E-state index >= 15 is 0 Å². The predicted molar refractivity (Wildman–Crippen MR) is 122 cm³/mol. The van der Waals surface area contributed by atoms with Crippen LogP contribution in [0, 0.1) is 11.3 Å². The molecule has 2 N–H and O–H groups in total. The molecule has 7 nitrogen and oxygen atoms in total. The van der Waals surface area contributed by atoms with Gasteiger partial charge in [0, 0.05) is 11.3 Å². The molecular formula is C25H21N5O2. The summed E-state index contributed by atoms with van der Waals surface area (Å²) in [7, 11) is 0. The van der Waals surface area contributed by atoms with Crippen molar-refractivity contribution in [1.82, 2.24) is 14.9 Å². The molecule has 0 fully saturated rings. The molecule has 0 bridgehead atoms. The van der Waals surface area contributed by atoms with Crippen LogP contribution in [0.4, 0.5) is 5.69 Å². The Bertz CT molecular complexity index is 1300. The summed E-state index contributed by atoms with van der Waals surface area (Å²) < 4.78 is 1.81. The zero-order valence-electron chi connectivity index (χ0n) is 17.4. The highest BCUT2D eigenvalue weighted by molar-refractivity contribution is 5.94. The van der Waals surface area contributed by atoms with Crippen LogP contribution in [0.2, 0.25) is 0 Å². The van der Waals surface area contributed by atoms with Gasteiger partial charge in [0.1, 0.15) is 12.4 Å². The number of rotatable bonds is 6. The number of nitrogens with zero attached hydrogens (tertiary/aromatic N) is 3. The number of nitrogens with one attached hydrogen (secondary N) is 2. The van der Waals surface area contributed by atoms with E-state index in [1.807, 2.05) is 54.0 Å². The van der Waals surface area contributed by atoms with Crippen molar-refractivity contribution in [3.63, 3.8) is 0 Å². The molecule has 0 aliphatic carbocycles. The number of aromatic nitrogens is 2. The van der Waals surface area contributed by atoms with E-state index in [0.717, 1.165) is 11.0 Å². The molecule has 1 atom stereocenters. The summed E-state index contributed by atoms with van der Waals surface area (Å²) in [5.41, 5.74) is 3.23. The first-order valence-electron chi connectivity index (χ1n) is 10.2. The van der Waals surface area contributed by atoms with Gasteiger partial charge in [-0.05, 0) is 55.5 Å². The zero-order chi connectivity index (χ0) is 22.5.